The Bertz CT molecular complexity index is 1100. The number of fused-ring (bicyclic) bond motifs is 5. The van der Waals surface area contributed by atoms with Gasteiger partial charge in [-0.25, -0.2) is 0 Å². The molecule has 3 heteroatoms. The van der Waals surface area contributed by atoms with Crippen LogP contribution in [0.25, 0.3) is 21.5 Å². The number of aryl methyl sites for hydroxylation is 2. The molecule has 0 bridgehead atoms. The van der Waals surface area contributed by atoms with Gasteiger partial charge in [0.15, 0.2) is 0 Å². The van der Waals surface area contributed by atoms with Gasteiger partial charge in [-0.1, -0.05) is 48.5 Å². The summed E-state index contributed by atoms with van der Waals surface area (Å²) in [6.45, 7) is 0. The van der Waals surface area contributed by atoms with Gasteiger partial charge in [0.25, 0.3) is 0 Å². The van der Waals surface area contributed by atoms with Crippen LogP contribution in [0, 0.1) is 0 Å². The number of benzene rings is 3. The molecule has 1 aliphatic rings. The van der Waals surface area contributed by atoms with E-state index < -0.39 is 5.91 Å². The molecule has 0 spiro atoms. The SMILES string of the molecule is NC(=O)c1cccnc1.c1ccc2c(c1)ccc1c3c(ccc12)CCCC3. The summed E-state index contributed by atoms with van der Waals surface area (Å²) in [5, 5.41) is 5.64. The first-order valence-electron chi connectivity index (χ1n) is 9.36. The molecule has 0 unspecified atom stereocenters. The predicted molar refractivity (Wildman–Crippen MR) is 111 cm³/mol. The summed E-state index contributed by atoms with van der Waals surface area (Å²) in [6, 6.07) is 21.3. The fourth-order valence-corrected chi connectivity index (χ4v) is 3.85. The van der Waals surface area contributed by atoms with Crippen LogP contribution < -0.4 is 5.73 Å². The minimum absolute atomic E-state index is 0.442. The van der Waals surface area contributed by atoms with Gasteiger partial charge in [-0.3, -0.25) is 9.78 Å². The van der Waals surface area contributed by atoms with Crippen molar-refractivity contribution in [3.63, 3.8) is 0 Å². The quantitative estimate of drug-likeness (QED) is 0.486. The topological polar surface area (TPSA) is 56.0 Å². The lowest BCUT2D eigenvalue weighted by Crippen LogP contribution is -2.10. The number of carbonyl (C=O) groups is 1. The average molecular weight is 354 g/mol. The zero-order chi connectivity index (χ0) is 18.6. The Hall–Kier alpha value is -3.20. The Morgan fingerprint density at radius 3 is 2.41 bits per heavy atom. The van der Waals surface area contributed by atoms with Crippen LogP contribution in [0.2, 0.25) is 0 Å². The van der Waals surface area contributed by atoms with E-state index >= 15 is 0 Å². The molecule has 0 aliphatic heterocycles. The van der Waals surface area contributed by atoms with Crippen molar-refractivity contribution >= 4 is 27.5 Å². The van der Waals surface area contributed by atoms with Crippen molar-refractivity contribution in [3.8, 4) is 0 Å². The molecule has 1 aliphatic carbocycles. The van der Waals surface area contributed by atoms with Crippen LogP contribution in [0.4, 0.5) is 0 Å². The molecule has 1 heterocycles. The molecule has 3 nitrogen and oxygen atoms in total. The zero-order valence-corrected chi connectivity index (χ0v) is 15.2. The molecule has 134 valence electrons. The van der Waals surface area contributed by atoms with E-state index in [0.717, 1.165) is 0 Å². The number of amides is 1. The summed E-state index contributed by atoms with van der Waals surface area (Å²) < 4.78 is 0. The second kappa shape index (κ2) is 7.58. The van der Waals surface area contributed by atoms with Crippen molar-refractivity contribution in [2.75, 3.05) is 0 Å². The minimum Gasteiger partial charge on any atom is -0.366 e. The minimum atomic E-state index is -0.442. The molecular formula is C24H22N2O. The van der Waals surface area contributed by atoms with Gasteiger partial charge in [0.1, 0.15) is 0 Å². The number of nitrogens with two attached hydrogens (primary N) is 1. The van der Waals surface area contributed by atoms with Gasteiger partial charge in [-0.05, 0) is 70.5 Å². The molecular weight excluding hydrogens is 332 g/mol. The number of carbonyl (C=O) groups excluding carboxylic acids is 1. The maximum Gasteiger partial charge on any atom is 0.250 e. The molecule has 0 radical (unpaired) electrons. The number of nitrogens with zero attached hydrogens (tertiary/aromatic N) is 1. The van der Waals surface area contributed by atoms with E-state index in [2.05, 4.69) is 53.5 Å². The van der Waals surface area contributed by atoms with Crippen LogP contribution in [-0.2, 0) is 12.8 Å². The largest absolute Gasteiger partial charge is 0.366 e. The number of hydrogen-bond acceptors (Lipinski definition) is 2. The molecule has 0 saturated carbocycles. The van der Waals surface area contributed by atoms with Crippen molar-refractivity contribution < 1.29 is 4.79 Å². The highest BCUT2D eigenvalue weighted by Crippen LogP contribution is 2.33. The van der Waals surface area contributed by atoms with E-state index in [0.29, 0.717) is 5.56 Å². The summed E-state index contributed by atoms with van der Waals surface area (Å²) in [5.41, 5.74) is 8.55. The summed E-state index contributed by atoms with van der Waals surface area (Å²) in [5.74, 6) is -0.442. The van der Waals surface area contributed by atoms with E-state index in [1.54, 1.807) is 29.5 Å². The predicted octanol–water partition coefficient (Wildman–Crippen LogP) is 5.05. The van der Waals surface area contributed by atoms with Crippen LogP contribution in [-0.4, -0.2) is 10.9 Å². The highest BCUT2D eigenvalue weighted by molar-refractivity contribution is 6.08. The average Bonchev–Trinajstić information content (AvgIpc) is 2.74. The summed E-state index contributed by atoms with van der Waals surface area (Å²) in [4.78, 5) is 14.1. The monoisotopic (exact) mass is 354 g/mol. The molecule has 0 fully saturated rings. The molecule has 3 aromatic carbocycles. The number of aromatic nitrogens is 1. The molecule has 27 heavy (non-hydrogen) atoms. The molecule has 1 amide bonds. The Labute approximate surface area is 158 Å². The lowest BCUT2D eigenvalue weighted by Gasteiger charge is -2.18. The van der Waals surface area contributed by atoms with Crippen molar-refractivity contribution in [2.45, 2.75) is 25.7 Å². The molecule has 0 atom stereocenters. The van der Waals surface area contributed by atoms with Gasteiger partial charge in [-0.2, -0.15) is 0 Å². The van der Waals surface area contributed by atoms with Crippen molar-refractivity contribution in [2.24, 2.45) is 5.73 Å². The number of rotatable bonds is 1. The molecule has 5 rings (SSSR count). The molecule has 4 aromatic rings. The lowest BCUT2D eigenvalue weighted by atomic mass is 9.86. The van der Waals surface area contributed by atoms with Gasteiger partial charge in [0.05, 0.1) is 5.56 Å². The second-order valence-corrected chi connectivity index (χ2v) is 6.90. The summed E-state index contributed by atoms with van der Waals surface area (Å²) in [7, 11) is 0. The van der Waals surface area contributed by atoms with E-state index in [9.17, 15) is 4.79 Å². The van der Waals surface area contributed by atoms with Gasteiger partial charge in [0.2, 0.25) is 5.91 Å². The first-order valence-corrected chi connectivity index (χ1v) is 9.36. The van der Waals surface area contributed by atoms with E-state index in [1.807, 2.05) is 0 Å². The normalized spacial score (nSPS) is 12.9. The highest BCUT2D eigenvalue weighted by Gasteiger charge is 2.13. The Morgan fingerprint density at radius 1 is 0.815 bits per heavy atom. The van der Waals surface area contributed by atoms with Crippen molar-refractivity contribution in [3.05, 3.63) is 89.7 Å². The Kier molecular flexibility index (Phi) is 4.84. The molecule has 1 aromatic heterocycles. The first-order chi connectivity index (χ1) is 13.2. The third-order valence-electron chi connectivity index (χ3n) is 5.20. The van der Waals surface area contributed by atoms with Crippen LogP contribution in [0.15, 0.2) is 73.1 Å². The van der Waals surface area contributed by atoms with Gasteiger partial charge in [0, 0.05) is 12.4 Å². The van der Waals surface area contributed by atoms with Crippen molar-refractivity contribution in [1.82, 2.24) is 4.98 Å². The summed E-state index contributed by atoms with van der Waals surface area (Å²) in [6.07, 6.45) is 8.24. The third-order valence-corrected chi connectivity index (χ3v) is 5.20. The van der Waals surface area contributed by atoms with Crippen LogP contribution in [0.5, 0.6) is 0 Å². The van der Waals surface area contributed by atoms with Gasteiger partial charge >= 0.3 is 0 Å². The fraction of sp³-hybridized carbons (Fsp3) is 0.167. The van der Waals surface area contributed by atoms with Crippen LogP contribution in [0.1, 0.15) is 34.3 Å². The Balaban J connectivity index is 0.000000170. The van der Waals surface area contributed by atoms with Crippen LogP contribution in [0.3, 0.4) is 0 Å². The zero-order valence-electron chi connectivity index (χ0n) is 15.2. The van der Waals surface area contributed by atoms with E-state index in [-0.39, 0.29) is 0 Å². The van der Waals surface area contributed by atoms with Crippen LogP contribution >= 0.6 is 0 Å². The van der Waals surface area contributed by atoms with Gasteiger partial charge in [-0.15, -0.1) is 0 Å². The second-order valence-electron chi connectivity index (χ2n) is 6.90. The fourth-order valence-electron chi connectivity index (χ4n) is 3.85. The maximum atomic E-state index is 10.4. The molecule has 2 N–H and O–H groups in total. The highest BCUT2D eigenvalue weighted by atomic mass is 16.1. The van der Waals surface area contributed by atoms with Crippen molar-refractivity contribution in [1.29, 1.82) is 0 Å². The van der Waals surface area contributed by atoms with Gasteiger partial charge < -0.3 is 5.73 Å². The number of pyridine rings is 1. The summed E-state index contributed by atoms with van der Waals surface area (Å²) >= 11 is 0. The maximum absolute atomic E-state index is 10.4. The standard InChI is InChI=1S/C18H16.C6H6N2O/c1-3-7-15-13(5-1)9-11-18-16-8-4-2-6-14(16)10-12-17(15)18;7-6(9)5-2-1-3-8-4-5/h1,3,5,7,9-12H,2,4,6,8H2;1-4H,(H2,7,9). The van der Waals surface area contributed by atoms with E-state index in [1.165, 1.54) is 53.4 Å². The number of hydrogen-bond donors (Lipinski definition) is 1. The smallest absolute Gasteiger partial charge is 0.250 e. The van der Waals surface area contributed by atoms with E-state index in [4.69, 9.17) is 5.73 Å². The number of primary amides is 1. The first kappa shape index (κ1) is 17.2. The molecule has 0 saturated heterocycles. The third kappa shape index (κ3) is 3.54. The lowest BCUT2D eigenvalue weighted by molar-refractivity contribution is 0.1000. The Morgan fingerprint density at radius 2 is 1.63 bits per heavy atom.